The summed E-state index contributed by atoms with van der Waals surface area (Å²) in [6.07, 6.45) is -0.699. The van der Waals surface area contributed by atoms with E-state index in [0.717, 1.165) is 33.2 Å². The van der Waals surface area contributed by atoms with Gasteiger partial charge in [-0.2, -0.15) is 0 Å². The molecule has 2 N–H and O–H groups in total. The molecule has 0 spiro atoms. The van der Waals surface area contributed by atoms with Crippen molar-refractivity contribution < 1.29 is 19.4 Å². The lowest BCUT2D eigenvalue weighted by Gasteiger charge is -2.17. The number of carboxylic acid groups (broad SMARTS) is 1. The molecular formula is C27H22N2O4. The van der Waals surface area contributed by atoms with Crippen LogP contribution in [0.5, 0.6) is 0 Å². The second kappa shape index (κ2) is 8.74. The van der Waals surface area contributed by atoms with Crippen LogP contribution < -0.4 is 5.32 Å². The molecule has 33 heavy (non-hydrogen) atoms. The van der Waals surface area contributed by atoms with Crippen LogP contribution in [0.1, 0.15) is 22.7 Å². The number of fused-ring (bicyclic) bond motifs is 4. The fourth-order valence-corrected chi connectivity index (χ4v) is 4.41. The molecule has 1 aromatic heterocycles. The smallest absolute Gasteiger partial charge is 0.407 e. The lowest BCUT2D eigenvalue weighted by Crippen LogP contribution is -2.43. The highest BCUT2D eigenvalue weighted by Crippen LogP contribution is 2.44. The zero-order valence-corrected chi connectivity index (χ0v) is 17.8. The monoisotopic (exact) mass is 438 g/mol. The maximum atomic E-state index is 12.5. The molecule has 1 aliphatic rings. The van der Waals surface area contributed by atoms with E-state index < -0.39 is 18.1 Å². The number of amides is 1. The molecule has 0 aliphatic heterocycles. The van der Waals surface area contributed by atoms with Gasteiger partial charge in [0, 0.05) is 23.4 Å². The molecule has 6 heteroatoms. The standard InChI is InChI=1S/C27H22N2O4/c30-26(31)25(15-18-14-13-17-7-1-6-12-24(17)28-18)29-27(32)33-16-23-21-10-4-2-8-19(21)20-9-3-5-11-22(20)23/h1-14,23,25H,15-16H2,(H,29,32)(H,30,31)/t25-/m1/s1. The van der Waals surface area contributed by atoms with Crippen LogP contribution in [0.3, 0.4) is 0 Å². The predicted molar refractivity (Wildman–Crippen MR) is 125 cm³/mol. The number of nitrogens with zero attached hydrogens (tertiary/aromatic N) is 1. The van der Waals surface area contributed by atoms with Crippen molar-refractivity contribution in [2.75, 3.05) is 6.61 Å². The van der Waals surface area contributed by atoms with Gasteiger partial charge in [-0.25, -0.2) is 9.59 Å². The van der Waals surface area contributed by atoms with Crippen LogP contribution in [0, 0.1) is 0 Å². The summed E-state index contributed by atoms with van der Waals surface area (Å²) in [7, 11) is 0. The minimum Gasteiger partial charge on any atom is -0.480 e. The van der Waals surface area contributed by atoms with Gasteiger partial charge < -0.3 is 15.2 Å². The molecular weight excluding hydrogens is 416 g/mol. The van der Waals surface area contributed by atoms with E-state index in [1.54, 1.807) is 6.07 Å². The number of hydrogen-bond acceptors (Lipinski definition) is 4. The fourth-order valence-electron chi connectivity index (χ4n) is 4.41. The Bertz CT molecular complexity index is 1310. The Kier molecular flexibility index (Phi) is 5.48. The minimum atomic E-state index is -1.14. The third kappa shape index (κ3) is 4.15. The molecule has 6 nitrogen and oxygen atoms in total. The van der Waals surface area contributed by atoms with Gasteiger partial charge in [-0.3, -0.25) is 4.98 Å². The van der Waals surface area contributed by atoms with Gasteiger partial charge in [0.1, 0.15) is 12.6 Å². The summed E-state index contributed by atoms with van der Waals surface area (Å²) in [6.45, 7) is 0.125. The Labute approximate surface area is 190 Å². The lowest BCUT2D eigenvalue weighted by molar-refractivity contribution is -0.139. The topological polar surface area (TPSA) is 88.5 Å². The van der Waals surface area contributed by atoms with Gasteiger partial charge >= 0.3 is 12.1 Å². The summed E-state index contributed by atoms with van der Waals surface area (Å²) in [5.41, 5.74) is 5.82. The van der Waals surface area contributed by atoms with Gasteiger partial charge in [-0.05, 0) is 34.4 Å². The molecule has 0 bridgehead atoms. The summed E-state index contributed by atoms with van der Waals surface area (Å²) < 4.78 is 5.49. The van der Waals surface area contributed by atoms with Crippen LogP contribution in [-0.2, 0) is 16.0 Å². The SMILES string of the molecule is O=C(N[C@H](Cc1ccc2ccccc2n1)C(=O)O)OCC1c2ccccc2-c2ccccc21. The van der Waals surface area contributed by atoms with Gasteiger partial charge in [0.2, 0.25) is 0 Å². The van der Waals surface area contributed by atoms with Crippen LogP contribution in [0.25, 0.3) is 22.0 Å². The van der Waals surface area contributed by atoms with Crippen molar-refractivity contribution in [2.45, 2.75) is 18.4 Å². The molecule has 1 aliphatic carbocycles. The van der Waals surface area contributed by atoms with Crippen molar-refractivity contribution >= 4 is 23.0 Å². The first-order valence-electron chi connectivity index (χ1n) is 10.8. The van der Waals surface area contributed by atoms with E-state index in [9.17, 15) is 14.7 Å². The third-order valence-corrected chi connectivity index (χ3v) is 6.00. The van der Waals surface area contributed by atoms with Crippen molar-refractivity contribution in [1.82, 2.24) is 10.3 Å². The van der Waals surface area contributed by atoms with E-state index in [4.69, 9.17) is 4.74 Å². The van der Waals surface area contributed by atoms with E-state index in [1.807, 2.05) is 66.7 Å². The number of carbonyl (C=O) groups is 2. The zero-order valence-electron chi connectivity index (χ0n) is 17.8. The average Bonchev–Trinajstić information content (AvgIpc) is 3.16. The minimum absolute atomic E-state index is 0.0599. The summed E-state index contributed by atoms with van der Waals surface area (Å²) in [4.78, 5) is 28.8. The number of hydrogen-bond donors (Lipinski definition) is 2. The van der Waals surface area contributed by atoms with Gasteiger partial charge in [-0.15, -0.1) is 0 Å². The molecule has 5 rings (SSSR count). The maximum Gasteiger partial charge on any atom is 0.407 e. The quantitative estimate of drug-likeness (QED) is 0.453. The van der Waals surface area contributed by atoms with Crippen molar-refractivity contribution in [3.8, 4) is 11.1 Å². The predicted octanol–water partition coefficient (Wildman–Crippen LogP) is 4.77. The van der Waals surface area contributed by atoms with E-state index in [0.29, 0.717) is 5.69 Å². The number of carbonyl (C=O) groups excluding carboxylic acids is 1. The molecule has 0 radical (unpaired) electrons. The van der Waals surface area contributed by atoms with E-state index in [2.05, 4.69) is 22.4 Å². The second-order valence-corrected chi connectivity index (χ2v) is 8.06. The van der Waals surface area contributed by atoms with Crippen molar-refractivity contribution in [2.24, 2.45) is 0 Å². The first kappa shape index (κ1) is 20.7. The molecule has 0 saturated carbocycles. The first-order valence-corrected chi connectivity index (χ1v) is 10.8. The van der Waals surface area contributed by atoms with Crippen LogP contribution in [-0.4, -0.2) is 34.8 Å². The number of pyridine rings is 1. The molecule has 3 aromatic carbocycles. The van der Waals surface area contributed by atoms with E-state index in [1.165, 1.54) is 0 Å². The summed E-state index contributed by atoms with van der Waals surface area (Å²) in [5, 5.41) is 13.1. The fraction of sp³-hybridized carbons (Fsp3) is 0.148. The molecule has 1 amide bonds. The van der Waals surface area contributed by atoms with E-state index in [-0.39, 0.29) is 18.9 Å². The van der Waals surface area contributed by atoms with Crippen molar-refractivity contribution in [1.29, 1.82) is 0 Å². The summed E-state index contributed by atoms with van der Waals surface area (Å²) in [5.74, 6) is -1.23. The summed E-state index contributed by atoms with van der Waals surface area (Å²) in [6, 6.07) is 26.2. The molecule has 0 unspecified atom stereocenters. The maximum absolute atomic E-state index is 12.5. The number of para-hydroxylation sites is 1. The van der Waals surface area contributed by atoms with Crippen molar-refractivity contribution in [3.05, 3.63) is 102 Å². The van der Waals surface area contributed by atoms with Crippen molar-refractivity contribution in [3.63, 3.8) is 0 Å². The number of aliphatic carboxylic acids is 1. The Morgan fingerprint density at radius 3 is 2.21 bits per heavy atom. The normalized spacial score (nSPS) is 13.2. The number of nitrogens with one attached hydrogen (secondary N) is 1. The molecule has 164 valence electrons. The molecule has 0 saturated heterocycles. The van der Waals surface area contributed by atoms with Gasteiger partial charge in [0.15, 0.2) is 0 Å². The van der Waals surface area contributed by atoms with Crippen LogP contribution in [0.2, 0.25) is 0 Å². The van der Waals surface area contributed by atoms with E-state index >= 15 is 0 Å². The van der Waals surface area contributed by atoms with Gasteiger partial charge in [0.05, 0.1) is 5.52 Å². The Morgan fingerprint density at radius 1 is 0.879 bits per heavy atom. The Balaban J connectivity index is 1.27. The first-order chi connectivity index (χ1) is 16.1. The highest BCUT2D eigenvalue weighted by atomic mass is 16.5. The number of carboxylic acids is 1. The molecule has 1 atom stereocenters. The second-order valence-electron chi connectivity index (χ2n) is 8.06. The highest BCUT2D eigenvalue weighted by molar-refractivity contribution is 5.82. The van der Waals surface area contributed by atoms with Gasteiger partial charge in [-0.1, -0.05) is 72.8 Å². The van der Waals surface area contributed by atoms with Crippen LogP contribution >= 0.6 is 0 Å². The lowest BCUT2D eigenvalue weighted by atomic mass is 9.98. The molecule has 0 fully saturated rings. The number of aromatic nitrogens is 1. The Morgan fingerprint density at radius 2 is 1.52 bits per heavy atom. The van der Waals surface area contributed by atoms with Crippen LogP contribution in [0.15, 0.2) is 84.9 Å². The van der Waals surface area contributed by atoms with Gasteiger partial charge in [0.25, 0.3) is 0 Å². The number of benzene rings is 3. The highest BCUT2D eigenvalue weighted by Gasteiger charge is 2.29. The summed E-state index contributed by atoms with van der Waals surface area (Å²) >= 11 is 0. The zero-order chi connectivity index (χ0) is 22.8. The van der Waals surface area contributed by atoms with Crippen LogP contribution in [0.4, 0.5) is 4.79 Å². The molecule has 4 aromatic rings. The number of rotatable bonds is 6. The number of ether oxygens (including phenoxy) is 1. The average molecular weight is 438 g/mol. The third-order valence-electron chi connectivity index (χ3n) is 6.00. The Hall–Kier alpha value is -4.19. The molecule has 1 heterocycles. The largest absolute Gasteiger partial charge is 0.480 e. The number of alkyl carbamates (subject to hydrolysis) is 1.